The van der Waals surface area contributed by atoms with Gasteiger partial charge in [-0.25, -0.2) is 18.2 Å². The largest absolute Gasteiger partial charge is 0.476 e. The number of hydrogen-bond acceptors (Lipinski definition) is 6. The van der Waals surface area contributed by atoms with E-state index in [0.717, 1.165) is 43.1 Å². The number of carbonyl (C=O) groups is 1. The highest BCUT2D eigenvalue weighted by molar-refractivity contribution is 7.90. The molecule has 1 saturated heterocycles. The number of hydrogen-bond donors (Lipinski definition) is 1. The highest BCUT2D eigenvalue weighted by Crippen LogP contribution is 2.25. The van der Waals surface area contributed by atoms with E-state index in [1.807, 2.05) is 30.3 Å². The Bertz CT molecular complexity index is 1260. The second kappa shape index (κ2) is 12.3. The summed E-state index contributed by atoms with van der Waals surface area (Å²) in [5.74, 6) is -0.0296. The lowest BCUT2D eigenvalue weighted by Crippen LogP contribution is -2.27. The molecule has 0 radical (unpaired) electrons. The van der Waals surface area contributed by atoms with E-state index in [0.29, 0.717) is 24.3 Å². The maximum Gasteiger partial charge on any atom is 0.356 e. The van der Waals surface area contributed by atoms with Gasteiger partial charge < -0.3 is 19.1 Å². The smallest absolute Gasteiger partial charge is 0.356 e. The van der Waals surface area contributed by atoms with Gasteiger partial charge in [0, 0.05) is 24.6 Å². The third-order valence-electron chi connectivity index (χ3n) is 5.67. The summed E-state index contributed by atoms with van der Waals surface area (Å²) in [6.07, 6.45) is 4.80. The second-order valence-electron chi connectivity index (χ2n) is 9.14. The molecule has 2 aromatic carbocycles. The van der Waals surface area contributed by atoms with Gasteiger partial charge in [-0.15, -0.1) is 0 Å². The third kappa shape index (κ3) is 7.49. The number of imidazole rings is 1. The predicted molar refractivity (Wildman–Crippen MR) is 138 cm³/mol. The number of carboxylic acids is 1. The fourth-order valence-corrected chi connectivity index (χ4v) is 4.41. The van der Waals surface area contributed by atoms with Gasteiger partial charge in [-0.3, -0.25) is 0 Å². The normalized spacial score (nSPS) is 15.9. The molecule has 194 valence electrons. The van der Waals surface area contributed by atoms with E-state index in [1.54, 1.807) is 22.8 Å². The molecule has 8 nitrogen and oxygen atoms in total. The standard InChI is InChI=1S/C21H22N2O4S.C6H12O2/c1-14(2)11-20-22-19(21(24)25)13-23(20)17-9-7-15(8-10-17)16-5-4-6-18(12-16)28(3,26)27;1-2-6-5-7-3-4-8-6/h4-10,12-14H,11H2,1-3H3,(H,24,25);6H,2-5H2,1H3. The number of aromatic carboxylic acids is 1. The van der Waals surface area contributed by atoms with Crippen LogP contribution in [0, 0.1) is 5.92 Å². The molecule has 0 spiro atoms. The van der Waals surface area contributed by atoms with Crippen molar-refractivity contribution in [2.45, 2.75) is 44.6 Å². The van der Waals surface area contributed by atoms with E-state index in [4.69, 9.17) is 9.47 Å². The Balaban J connectivity index is 0.000000383. The zero-order chi connectivity index (χ0) is 26.3. The molecule has 0 saturated carbocycles. The molecule has 36 heavy (non-hydrogen) atoms. The summed E-state index contributed by atoms with van der Waals surface area (Å²) in [7, 11) is -3.28. The van der Waals surface area contributed by atoms with Crippen molar-refractivity contribution in [2.24, 2.45) is 5.92 Å². The van der Waals surface area contributed by atoms with Crippen molar-refractivity contribution in [3.63, 3.8) is 0 Å². The zero-order valence-corrected chi connectivity index (χ0v) is 22.0. The van der Waals surface area contributed by atoms with Gasteiger partial charge in [0.25, 0.3) is 0 Å². The maximum absolute atomic E-state index is 11.8. The molecule has 4 rings (SSSR count). The van der Waals surface area contributed by atoms with Crippen LogP contribution in [0.4, 0.5) is 0 Å². The first kappa shape index (κ1) is 27.6. The highest BCUT2D eigenvalue weighted by Gasteiger charge is 2.16. The summed E-state index contributed by atoms with van der Waals surface area (Å²) in [6, 6.07) is 14.3. The molecule has 2 heterocycles. The van der Waals surface area contributed by atoms with Crippen LogP contribution >= 0.6 is 0 Å². The molecule has 1 atom stereocenters. The Morgan fingerprint density at radius 1 is 1.14 bits per heavy atom. The molecule has 1 aromatic heterocycles. The second-order valence-corrected chi connectivity index (χ2v) is 11.2. The van der Waals surface area contributed by atoms with Crippen LogP contribution in [-0.4, -0.2) is 61.2 Å². The minimum atomic E-state index is -3.28. The van der Waals surface area contributed by atoms with Crippen molar-refractivity contribution in [3.05, 3.63) is 66.2 Å². The Hall–Kier alpha value is -3.01. The third-order valence-corrected chi connectivity index (χ3v) is 6.78. The van der Waals surface area contributed by atoms with Crippen LogP contribution in [0.2, 0.25) is 0 Å². The Morgan fingerprint density at radius 3 is 2.39 bits per heavy atom. The van der Waals surface area contributed by atoms with Crippen molar-refractivity contribution >= 4 is 15.8 Å². The maximum atomic E-state index is 11.8. The van der Waals surface area contributed by atoms with Gasteiger partial charge in [-0.05, 0) is 47.7 Å². The lowest BCUT2D eigenvalue weighted by atomic mass is 10.1. The summed E-state index contributed by atoms with van der Waals surface area (Å²) in [4.78, 5) is 15.8. The predicted octanol–water partition coefficient (Wildman–Crippen LogP) is 4.65. The fourth-order valence-electron chi connectivity index (χ4n) is 3.75. The van der Waals surface area contributed by atoms with Crippen molar-refractivity contribution in [3.8, 4) is 16.8 Å². The van der Waals surface area contributed by atoms with Gasteiger partial charge in [0.15, 0.2) is 15.5 Å². The number of aromatic nitrogens is 2. The molecule has 0 aliphatic carbocycles. The SMILES string of the molecule is CC(C)Cc1nc(C(=O)O)cn1-c1ccc(-c2cccc(S(C)(=O)=O)c2)cc1.CCC1COCCO1. The number of rotatable bonds is 7. The van der Waals surface area contributed by atoms with Crippen molar-refractivity contribution in [1.82, 2.24) is 9.55 Å². The van der Waals surface area contributed by atoms with E-state index in [2.05, 4.69) is 25.8 Å². The van der Waals surface area contributed by atoms with Crippen LogP contribution in [0.5, 0.6) is 0 Å². The molecule has 3 aromatic rings. The first-order chi connectivity index (χ1) is 17.1. The number of sulfone groups is 1. The van der Waals surface area contributed by atoms with Gasteiger partial charge in [0.2, 0.25) is 0 Å². The van der Waals surface area contributed by atoms with E-state index < -0.39 is 15.8 Å². The van der Waals surface area contributed by atoms with Crippen LogP contribution in [-0.2, 0) is 25.7 Å². The van der Waals surface area contributed by atoms with Crippen LogP contribution in [0.25, 0.3) is 16.8 Å². The summed E-state index contributed by atoms with van der Waals surface area (Å²) >= 11 is 0. The Labute approximate surface area is 212 Å². The minimum Gasteiger partial charge on any atom is -0.476 e. The average Bonchev–Trinajstić information content (AvgIpc) is 3.28. The van der Waals surface area contributed by atoms with Crippen LogP contribution in [0.15, 0.2) is 59.6 Å². The van der Waals surface area contributed by atoms with Crippen molar-refractivity contribution < 1.29 is 27.8 Å². The minimum absolute atomic E-state index is 0.0144. The molecule has 1 aliphatic heterocycles. The number of benzene rings is 2. The van der Waals surface area contributed by atoms with E-state index in [1.165, 1.54) is 12.5 Å². The Morgan fingerprint density at radius 2 is 1.86 bits per heavy atom. The molecule has 9 heteroatoms. The monoisotopic (exact) mass is 514 g/mol. The van der Waals surface area contributed by atoms with Crippen LogP contribution < -0.4 is 0 Å². The molecule has 1 N–H and O–H groups in total. The van der Waals surface area contributed by atoms with Crippen molar-refractivity contribution in [1.29, 1.82) is 0 Å². The lowest BCUT2D eigenvalue weighted by Gasteiger charge is -2.20. The van der Waals surface area contributed by atoms with Gasteiger partial charge in [0.05, 0.1) is 30.8 Å². The molecule has 0 amide bonds. The molecule has 1 fully saturated rings. The first-order valence-electron chi connectivity index (χ1n) is 12.0. The van der Waals surface area contributed by atoms with Gasteiger partial charge in [-0.2, -0.15) is 0 Å². The lowest BCUT2D eigenvalue weighted by molar-refractivity contribution is -0.0887. The molecule has 1 aliphatic rings. The van der Waals surface area contributed by atoms with Gasteiger partial charge in [-0.1, -0.05) is 45.0 Å². The van der Waals surface area contributed by atoms with Crippen LogP contribution in [0.1, 0.15) is 43.5 Å². The first-order valence-corrected chi connectivity index (χ1v) is 13.9. The highest BCUT2D eigenvalue weighted by atomic mass is 32.2. The van der Waals surface area contributed by atoms with E-state index >= 15 is 0 Å². The quantitative estimate of drug-likeness (QED) is 0.489. The summed E-state index contributed by atoms with van der Waals surface area (Å²) in [5.41, 5.74) is 2.49. The fraction of sp³-hybridized carbons (Fsp3) is 0.407. The van der Waals surface area contributed by atoms with E-state index in [-0.39, 0.29) is 10.6 Å². The number of ether oxygens (including phenoxy) is 2. The average molecular weight is 515 g/mol. The van der Waals surface area contributed by atoms with Gasteiger partial charge >= 0.3 is 5.97 Å². The molecular weight excluding hydrogens is 480 g/mol. The van der Waals surface area contributed by atoms with E-state index in [9.17, 15) is 18.3 Å². The van der Waals surface area contributed by atoms with Gasteiger partial charge in [0.1, 0.15) is 5.82 Å². The summed E-state index contributed by atoms with van der Waals surface area (Å²) in [6.45, 7) is 8.56. The molecule has 0 bridgehead atoms. The summed E-state index contributed by atoms with van der Waals surface area (Å²) in [5, 5.41) is 9.26. The van der Waals surface area contributed by atoms with Crippen molar-refractivity contribution in [2.75, 3.05) is 26.1 Å². The molecular formula is C27H34N2O6S. The Kier molecular flexibility index (Phi) is 9.42. The number of carboxylic acid groups (broad SMARTS) is 1. The number of nitrogens with zero attached hydrogens (tertiary/aromatic N) is 2. The zero-order valence-electron chi connectivity index (χ0n) is 21.2. The van der Waals surface area contributed by atoms with Crippen LogP contribution in [0.3, 0.4) is 0 Å². The topological polar surface area (TPSA) is 108 Å². The molecule has 1 unspecified atom stereocenters. The summed E-state index contributed by atoms with van der Waals surface area (Å²) < 4.78 is 35.8.